The highest BCUT2D eigenvalue weighted by Gasteiger charge is 2.24. The molecule has 0 atom stereocenters. The Morgan fingerprint density at radius 3 is 2.44 bits per heavy atom. The maximum Gasteiger partial charge on any atom is 0.414 e. The lowest BCUT2D eigenvalue weighted by Crippen LogP contribution is -2.34. The first-order chi connectivity index (χ1) is 18.7. The fourth-order valence-electron chi connectivity index (χ4n) is 4.49. The lowest BCUT2D eigenvalue weighted by Gasteiger charge is -2.19. The molecule has 39 heavy (non-hydrogen) atoms. The number of ether oxygens (including phenoxy) is 1. The van der Waals surface area contributed by atoms with Gasteiger partial charge in [0.25, 0.3) is 0 Å². The Morgan fingerprint density at radius 1 is 1.08 bits per heavy atom. The number of likely N-dealkylation sites (N-methyl/N-ethyl adjacent to an activating group) is 2. The summed E-state index contributed by atoms with van der Waals surface area (Å²) in [7, 11) is 5.44. The number of hydrogen-bond donors (Lipinski definition) is 2. The van der Waals surface area contributed by atoms with Gasteiger partial charge in [0.1, 0.15) is 6.61 Å². The minimum absolute atomic E-state index is 0.0266. The number of aromatic amines is 1. The lowest BCUT2D eigenvalue weighted by molar-refractivity contribution is -0.118. The third kappa shape index (κ3) is 5.45. The summed E-state index contributed by atoms with van der Waals surface area (Å²) in [5.74, 6) is -0.0647. The largest absolute Gasteiger partial charge is 0.494 e. The standard InChI is InChI=1S/C29H28ClN5O4/c1-33(2)17-25(36)34(3)21-11-7-20(8-12-21)31-27(26-23-13-6-19(30)16-24(23)32-28(26)37)18-4-9-22(10-5-18)35-14-15-39-29(35)38/h4-13,16,32,37H,14-15,17H2,1-3H3. The zero-order valence-corrected chi connectivity index (χ0v) is 22.6. The molecule has 1 aliphatic rings. The topological polar surface area (TPSA) is 101 Å². The van der Waals surface area contributed by atoms with Gasteiger partial charge in [-0.25, -0.2) is 9.79 Å². The molecular formula is C29H28ClN5O4. The van der Waals surface area contributed by atoms with Crippen molar-refractivity contribution in [2.75, 3.05) is 50.6 Å². The van der Waals surface area contributed by atoms with Crippen LogP contribution in [0.1, 0.15) is 11.1 Å². The predicted octanol–water partition coefficient (Wildman–Crippen LogP) is 5.18. The molecule has 200 valence electrons. The van der Waals surface area contributed by atoms with E-state index in [0.29, 0.717) is 52.9 Å². The lowest BCUT2D eigenvalue weighted by atomic mass is 10.00. The van der Waals surface area contributed by atoms with Crippen molar-refractivity contribution in [2.45, 2.75) is 0 Å². The summed E-state index contributed by atoms with van der Waals surface area (Å²) in [4.78, 5) is 37.4. The van der Waals surface area contributed by atoms with Crippen molar-refractivity contribution in [1.82, 2.24) is 9.88 Å². The summed E-state index contributed by atoms with van der Waals surface area (Å²) < 4.78 is 5.06. The fraction of sp³-hybridized carbons (Fsp3) is 0.207. The Labute approximate surface area is 230 Å². The Kier molecular flexibility index (Phi) is 7.28. The molecule has 1 fully saturated rings. The molecule has 2 N–H and O–H groups in total. The number of aromatic hydroxyl groups is 1. The van der Waals surface area contributed by atoms with Crippen molar-refractivity contribution >= 4 is 57.3 Å². The number of carbonyl (C=O) groups excluding carboxylic acids is 2. The van der Waals surface area contributed by atoms with Crippen LogP contribution in [0.25, 0.3) is 10.9 Å². The van der Waals surface area contributed by atoms with Gasteiger partial charge in [-0.3, -0.25) is 9.69 Å². The number of H-pyrrole nitrogens is 1. The number of aromatic nitrogens is 1. The third-order valence-electron chi connectivity index (χ3n) is 6.49. The molecule has 0 aliphatic carbocycles. The summed E-state index contributed by atoms with van der Waals surface area (Å²) in [5, 5.41) is 12.2. The van der Waals surface area contributed by atoms with Gasteiger partial charge in [0.15, 0.2) is 5.88 Å². The second-order valence-corrected chi connectivity index (χ2v) is 9.96. The van der Waals surface area contributed by atoms with Gasteiger partial charge < -0.3 is 24.6 Å². The van der Waals surface area contributed by atoms with Gasteiger partial charge >= 0.3 is 6.09 Å². The zero-order valence-electron chi connectivity index (χ0n) is 21.8. The summed E-state index contributed by atoms with van der Waals surface area (Å²) >= 11 is 6.18. The number of fused-ring (bicyclic) bond motifs is 1. The molecule has 4 aromatic rings. The van der Waals surface area contributed by atoms with Gasteiger partial charge in [-0.15, -0.1) is 0 Å². The van der Waals surface area contributed by atoms with Gasteiger partial charge in [-0.1, -0.05) is 29.8 Å². The monoisotopic (exact) mass is 545 g/mol. The number of hydrogen-bond acceptors (Lipinski definition) is 6. The van der Waals surface area contributed by atoms with E-state index in [1.54, 1.807) is 29.0 Å². The van der Waals surface area contributed by atoms with Crippen LogP contribution >= 0.6 is 11.6 Å². The first kappa shape index (κ1) is 26.3. The summed E-state index contributed by atoms with van der Waals surface area (Å²) in [6.07, 6.45) is -0.378. The number of cyclic esters (lactones) is 1. The first-order valence-corrected chi connectivity index (χ1v) is 12.7. The van der Waals surface area contributed by atoms with Gasteiger partial charge in [0, 0.05) is 34.4 Å². The van der Waals surface area contributed by atoms with Crippen LogP contribution in [0.4, 0.5) is 21.9 Å². The molecule has 2 amide bonds. The number of anilines is 2. The van der Waals surface area contributed by atoms with Crippen molar-refractivity contribution < 1.29 is 19.4 Å². The van der Waals surface area contributed by atoms with Crippen LogP contribution < -0.4 is 9.80 Å². The Hall–Kier alpha value is -4.34. The van der Waals surface area contributed by atoms with Crippen LogP contribution in [0, 0.1) is 0 Å². The van der Waals surface area contributed by atoms with Crippen molar-refractivity contribution in [2.24, 2.45) is 4.99 Å². The van der Waals surface area contributed by atoms with E-state index < -0.39 is 0 Å². The minimum atomic E-state index is -0.378. The molecule has 1 saturated heterocycles. The molecule has 2 heterocycles. The second kappa shape index (κ2) is 10.8. The van der Waals surface area contributed by atoms with Crippen LogP contribution in [-0.4, -0.2) is 73.5 Å². The van der Waals surface area contributed by atoms with Crippen LogP contribution in [0.15, 0.2) is 71.7 Å². The van der Waals surface area contributed by atoms with E-state index in [-0.39, 0.29) is 17.9 Å². The number of benzene rings is 3. The molecular weight excluding hydrogens is 518 g/mol. The number of nitrogens with zero attached hydrogens (tertiary/aromatic N) is 4. The summed E-state index contributed by atoms with van der Waals surface area (Å²) in [6, 6.07) is 20.0. The molecule has 3 aromatic carbocycles. The average molecular weight is 546 g/mol. The molecule has 10 heteroatoms. The smallest absolute Gasteiger partial charge is 0.414 e. The highest BCUT2D eigenvalue weighted by atomic mass is 35.5. The van der Waals surface area contributed by atoms with Crippen LogP contribution in [0.3, 0.4) is 0 Å². The number of nitrogens with one attached hydrogen (secondary N) is 1. The van der Waals surface area contributed by atoms with Gasteiger partial charge in [-0.2, -0.15) is 0 Å². The normalized spacial score (nSPS) is 13.8. The molecule has 0 spiro atoms. The van der Waals surface area contributed by atoms with Crippen LogP contribution in [0.2, 0.25) is 5.02 Å². The van der Waals surface area contributed by atoms with Gasteiger partial charge in [0.05, 0.1) is 35.6 Å². The Balaban J connectivity index is 1.56. The maximum absolute atomic E-state index is 12.5. The zero-order chi connectivity index (χ0) is 27.7. The third-order valence-corrected chi connectivity index (χ3v) is 6.73. The maximum atomic E-state index is 12.5. The number of carbonyl (C=O) groups is 2. The number of rotatable bonds is 7. The quantitative estimate of drug-likeness (QED) is 0.312. The second-order valence-electron chi connectivity index (χ2n) is 9.52. The number of amides is 2. The summed E-state index contributed by atoms with van der Waals surface area (Å²) in [5.41, 5.74) is 4.56. The highest BCUT2D eigenvalue weighted by molar-refractivity contribution is 6.31. The molecule has 9 nitrogen and oxygen atoms in total. The van der Waals surface area contributed by atoms with Crippen molar-refractivity contribution in [3.05, 3.63) is 82.9 Å². The van der Waals surface area contributed by atoms with Gasteiger partial charge in [0.2, 0.25) is 5.91 Å². The molecule has 1 aromatic heterocycles. The van der Waals surface area contributed by atoms with Gasteiger partial charge in [-0.05, 0) is 62.6 Å². The Bertz CT molecular complexity index is 1560. The summed E-state index contributed by atoms with van der Waals surface area (Å²) in [6.45, 7) is 1.14. The van der Waals surface area contributed by atoms with Crippen LogP contribution in [0.5, 0.6) is 5.88 Å². The van der Waals surface area contributed by atoms with E-state index in [0.717, 1.165) is 16.6 Å². The minimum Gasteiger partial charge on any atom is -0.494 e. The van der Waals surface area contributed by atoms with E-state index >= 15 is 0 Å². The van der Waals surface area contributed by atoms with Crippen molar-refractivity contribution in [3.8, 4) is 5.88 Å². The molecule has 0 bridgehead atoms. The highest BCUT2D eigenvalue weighted by Crippen LogP contribution is 2.34. The van der Waals surface area contributed by atoms with E-state index in [2.05, 4.69) is 4.98 Å². The molecule has 5 rings (SSSR count). The van der Waals surface area contributed by atoms with E-state index in [9.17, 15) is 14.7 Å². The van der Waals surface area contributed by atoms with Crippen molar-refractivity contribution in [1.29, 1.82) is 0 Å². The van der Waals surface area contributed by atoms with E-state index in [1.165, 1.54) is 0 Å². The van der Waals surface area contributed by atoms with E-state index in [1.807, 2.05) is 73.6 Å². The number of aliphatic imine (C=N–C) groups is 1. The first-order valence-electron chi connectivity index (χ1n) is 12.4. The van der Waals surface area contributed by atoms with Crippen molar-refractivity contribution in [3.63, 3.8) is 0 Å². The SMILES string of the molecule is CN(C)CC(=O)N(C)c1ccc(N=C(c2ccc(N3CCOC3=O)cc2)c2c(O)[nH]c3cc(Cl)ccc23)cc1. The molecule has 0 radical (unpaired) electrons. The number of halogens is 1. The molecule has 1 aliphatic heterocycles. The average Bonchev–Trinajstić information content (AvgIpc) is 3.48. The molecule has 0 unspecified atom stereocenters. The van der Waals surface area contributed by atoms with E-state index in [4.69, 9.17) is 21.3 Å². The molecule has 0 saturated carbocycles. The Morgan fingerprint density at radius 2 is 1.79 bits per heavy atom. The van der Waals surface area contributed by atoms with Crippen LogP contribution in [-0.2, 0) is 9.53 Å². The predicted molar refractivity (Wildman–Crippen MR) is 154 cm³/mol. The fourth-order valence-corrected chi connectivity index (χ4v) is 4.66.